The normalized spacial score (nSPS) is 11.5. The van der Waals surface area contributed by atoms with Gasteiger partial charge >= 0.3 is 0 Å². The van der Waals surface area contributed by atoms with Crippen LogP contribution in [0.5, 0.6) is 11.5 Å². The van der Waals surface area contributed by atoms with Crippen LogP contribution < -0.4 is 10.4 Å². The van der Waals surface area contributed by atoms with E-state index in [2.05, 4.69) is 13.2 Å². The minimum atomic E-state index is -2.07. The van der Waals surface area contributed by atoms with Crippen molar-refractivity contribution in [3.8, 4) is 11.5 Å². The molecule has 112 valence electrons. The first kappa shape index (κ1) is 14.2. The van der Waals surface area contributed by atoms with E-state index in [1.165, 1.54) is 12.1 Å². The molecule has 0 aliphatic heterocycles. The van der Waals surface area contributed by atoms with E-state index in [-0.39, 0.29) is 21.2 Å². The van der Waals surface area contributed by atoms with Crippen LogP contribution in [0, 0.1) is 23.3 Å². The minimum Gasteiger partial charge on any atom is -0.507 e. The van der Waals surface area contributed by atoms with Crippen molar-refractivity contribution in [2.75, 3.05) is 0 Å². The van der Waals surface area contributed by atoms with Gasteiger partial charge in [0.2, 0.25) is 0 Å². The van der Waals surface area contributed by atoms with Gasteiger partial charge in [-0.25, -0.2) is 17.6 Å². The molecule has 0 aromatic heterocycles. The Bertz CT molecular complexity index is 988. The van der Waals surface area contributed by atoms with Crippen LogP contribution in [0.15, 0.2) is 12.1 Å². The van der Waals surface area contributed by atoms with E-state index < -0.39 is 45.5 Å². The summed E-state index contributed by atoms with van der Waals surface area (Å²) in [7, 11) is 0. The summed E-state index contributed by atoms with van der Waals surface area (Å²) in [6, 6.07) is 2.87. The van der Waals surface area contributed by atoms with E-state index in [0.29, 0.717) is 0 Å². The standard InChI is InChI=1S/C16H8F4O2/c1-5-3-4-6(2)8-7(5)15(21)9-10(16(8)22)12(18)14(20)13(19)11(9)17/h3-4,21-22H,1-2H2. The van der Waals surface area contributed by atoms with Gasteiger partial charge in [-0.1, -0.05) is 25.3 Å². The maximum absolute atomic E-state index is 14.0. The molecule has 0 bridgehead atoms. The number of hydrogen-bond donors (Lipinski definition) is 2. The Labute approximate surface area is 120 Å². The molecular formula is C16H8F4O2. The summed E-state index contributed by atoms with van der Waals surface area (Å²) >= 11 is 0. The predicted molar refractivity (Wildman–Crippen MR) is 74.9 cm³/mol. The number of fused-ring (bicyclic) bond motifs is 2. The number of aromatic hydroxyl groups is 2. The Morgan fingerprint density at radius 3 is 1.23 bits per heavy atom. The second kappa shape index (κ2) is 4.37. The second-order valence-corrected chi connectivity index (χ2v) is 4.84. The molecule has 0 spiro atoms. The van der Waals surface area contributed by atoms with Crippen molar-refractivity contribution in [2.24, 2.45) is 0 Å². The maximum Gasteiger partial charge on any atom is 0.198 e. The zero-order chi connectivity index (χ0) is 16.3. The molecule has 3 rings (SSSR count). The number of phenols is 2. The predicted octanol–water partition coefficient (Wildman–Crippen LogP) is 2.78. The third-order valence-corrected chi connectivity index (χ3v) is 3.59. The second-order valence-electron chi connectivity index (χ2n) is 4.84. The highest BCUT2D eigenvalue weighted by Gasteiger charge is 2.27. The maximum atomic E-state index is 14.0. The number of phenolic OH excluding ortho intramolecular Hbond substituents is 2. The van der Waals surface area contributed by atoms with Crippen LogP contribution in [0.2, 0.25) is 0 Å². The molecule has 0 fully saturated rings. The molecule has 0 saturated heterocycles. The number of rotatable bonds is 0. The van der Waals surface area contributed by atoms with E-state index in [4.69, 9.17) is 0 Å². The Kier molecular flexibility index (Phi) is 2.82. The van der Waals surface area contributed by atoms with Crippen LogP contribution in [-0.4, -0.2) is 10.2 Å². The van der Waals surface area contributed by atoms with Crippen molar-refractivity contribution < 1.29 is 27.8 Å². The van der Waals surface area contributed by atoms with Crippen molar-refractivity contribution >= 4 is 34.7 Å². The third kappa shape index (κ3) is 1.55. The summed E-state index contributed by atoms with van der Waals surface area (Å²) in [5, 5.41) is 18.6. The lowest BCUT2D eigenvalue weighted by Gasteiger charge is -2.13. The van der Waals surface area contributed by atoms with Crippen molar-refractivity contribution in [3.05, 3.63) is 45.8 Å². The molecule has 0 unspecified atom stereocenters. The van der Waals surface area contributed by atoms with Crippen molar-refractivity contribution in [2.45, 2.75) is 0 Å². The monoisotopic (exact) mass is 308 g/mol. The molecular weight excluding hydrogens is 300 g/mol. The van der Waals surface area contributed by atoms with Crippen LogP contribution >= 0.6 is 0 Å². The Morgan fingerprint density at radius 1 is 0.591 bits per heavy atom. The largest absolute Gasteiger partial charge is 0.507 e. The Balaban J connectivity index is 2.86. The van der Waals surface area contributed by atoms with Crippen molar-refractivity contribution in [1.29, 1.82) is 0 Å². The molecule has 0 amide bonds. The van der Waals surface area contributed by atoms with Gasteiger partial charge in [0, 0.05) is 10.8 Å². The Hall–Kier alpha value is -2.76. The summed E-state index contributed by atoms with van der Waals surface area (Å²) in [5.41, 5.74) is 0. The zero-order valence-electron chi connectivity index (χ0n) is 11.0. The molecule has 2 N–H and O–H groups in total. The van der Waals surface area contributed by atoms with E-state index in [1.54, 1.807) is 0 Å². The van der Waals surface area contributed by atoms with Gasteiger partial charge in [-0.05, 0) is 10.4 Å². The summed E-state index contributed by atoms with van der Waals surface area (Å²) in [6.07, 6.45) is 0. The SMILES string of the molecule is C=c1ccc(=C)c2c(O)c3c(F)c(F)c(F)c(F)c3c(O)c12. The van der Waals surface area contributed by atoms with Gasteiger partial charge in [0.15, 0.2) is 23.3 Å². The van der Waals surface area contributed by atoms with Gasteiger partial charge in [-0.3, -0.25) is 0 Å². The average molecular weight is 308 g/mol. The first-order valence-electron chi connectivity index (χ1n) is 6.07. The van der Waals surface area contributed by atoms with E-state index in [1.807, 2.05) is 0 Å². The molecule has 2 nitrogen and oxygen atoms in total. The summed E-state index contributed by atoms with van der Waals surface area (Å²) < 4.78 is 54.7. The van der Waals surface area contributed by atoms with Crippen LogP contribution in [-0.2, 0) is 0 Å². The molecule has 3 aromatic carbocycles. The number of hydrogen-bond acceptors (Lipinski definition) is 2. The summed E-state index contributed by atoms with van der Waals surface area (Å²) in [4.78, 5) is 0. The molecule has 6 heteroatoms. The fourth-order valence-corrected chi connectivity index (χ4v) is 2.56. The van der Waals surface area contributed by atoms with Gasteiger partial charge in [0.05, 0.1) is 10.8 Å². The highest BCUT2D eigenvalue weighted by Crippen LogP contribution is 2.42. The first-order chi connectivity index (χ1) is 10.3. The van der Waals surface area contributed by atoms with E-state index in [0.717, 1.165) is 0 Å². The molecule has 3 aromatic rings. The van der Waals surface area contributed by atoms with E-state index in [9.17, 15) is 27.8 Å². The Morgan fingerprint density at radius 2 is 0.909 bits per heavy atom. The highest BCUT2D eigenvalue weighted by atomic mass is 19.2. The lowest BCUT2D eigenvalue weighted by molar-refractivity contribution is 0.411. The van der Waals surface area contributed by atoms with Crippen molar-refractivity contribution in [1.82, 2.24) is 0 Å². The fraction of sp³-hybridized carbons (Fsp3) is 0. The molecule has 0 radical (unpaired) electrons. The van der Waals surface area contributed by atoms with E-state index >= 15 is 0 Å². The number of benzene rings is 3. The third-order valence-electron chi connectivity index (χ3n) is 3.59. The molecule has 0 heterocycles. The quantitative estimate of drug-likeness (QED) is 0.220. The highest BCUT2D eigenvalue weighted by molar-refractivity contribution is 6.11. The zero-order valence-corrected chi connectivity index (χ0v) is 11.0. The molecule has 0 aliphatic rings. The van der Waals surface area contributed by atoms with Crippen LogP contribution in [0.3, 0.4) is 0 Å². The minimum absolute atomic E-state index is 0.109. The lowest BCUT2D eigenvalue weighted by Crippen LogP contribution is -2.10. The lowest BCUT2D eigenvalue weighted by atomic mass is 9.97. The van der Waals surface area contributed by atoms with Gasteiger partial charge < -0.3 is 10.2 Å². The molecule has 22 heavy (non-hydrogen) atoms. The molecule has 0 atom stereocenters. The van der Waals surface area contributed by atoms with Gasteiger partial charge in [-0.2, -0.15) is 0 Å². The summed E-state index contributed by atoms with van der Waals surface area (Å²) in [5.74, 6) is -9.41. The van der Waals surface area contributed by atoms with Crippen LogP contribution in [0.25, 0.3) is 34.7 Å². The van der Waals surface area contributed by atoms with Crippen LogP contribution in [0.1, 0.15) is 0 Å². The van der Waals surface area contributed by atoms with Crippen molar-refractivity contribution in [3.63, 3.8) is 0 Å². The molecule has 0 aliphatic carbocycles. The topological polar surface area (TPSA) is 40.5 Å². The van der Waals surface area contributed by atoms with Gasteiger partial charge in [0.1, 0.15) is 11.5 Å². The summed E-state index contributed by atoms with van der Waals surface area (Å²) in [6.45, 7) is 7.22. The first-order valence-corrected chi connectivity index (χ1v) is 6.07. The molecule has 0 saturated carbocycles. The smallest absolute Gasteiger partial charge is 0.198 e. The van der Waals surface area contributed by atoms with Gasteiger partial charge in [0.25, 0.3) is 0 Å². The van der Waals surface area contributed by atoms with Crippen LogP contribution in [0.4, 0.5) is 17.6 Å². The fourth-order valence-electron chi connectivity index (χ4n) is 2.56. The van der Waals surface area contributed by atoms with Gasteiger partial charge in [-0.15, -0.1) is 0 Å². The average Bonchev–Trinajstić information content (AvgIpc) is 2.48. The number of halogens is 4.